The molecule has 0 saturated carbocycles. The average molecular weight is 405 g/mol. The van der Waals surface area contributed by atoms with Gasteiger partial charge in [0.15, 0.2) is 0 Å². The van der Waals surface area contributed by atoms with Gasteiger partial charge >= 0.3 is 6.03 Å². The zero-order valence-electron chi connectivity index (χ0n) is 15.7. The van der Waals surface area contributed by atoms with E-state index in [4.69, 9.17) is 4.74 Å². The summed E-state index contributed by atoms with van der Waals surface area (Å²) in [5, 5.41) is 4.88. The molecule has 2 heterocycles. The molecule has 29 heavy (non-hydrogen) atoms. The van der Waals surface area contributed by atoms with E-state index in [1.165, 1.54) is 11.8 Å². The number of aromatic nitrogens is 1. The third-order valence-corrected chi connectivity index (χ3v) is 5.54. The Morgan fingerprint density at radius 2 is 1.93 bits per heavy atom. The summed E-state index contributed by atoms with van der Waals surface area (Å²) < 4.78 is 5.84. The highest BCUT2D eigenvalue weighted by molar-refractivity contribution is 7.99. The normalized spacial score (nSPS) is 15.7. The molecule has 2 N–H and O–H groups in total. The van der Waals surface area contributed by atoms with Crippen LogP contribution in [0.2, 0.25) is 0 Å². The maximum absolute atomic E-state index is 12.0. The van der Waals surface area contributed by atoms with Gasteiger partial charge in [0, 0.05) is 27.7 Å². The summed E-state index contributed by atoms with van der Waals surface area (Å²) in [6, 6.07) is 16.6. The molecule has 0 spiro atoms. The molecule has 2 aromatic carbocycles. The number of nitrogens with zero attached hydrogens (tertiary/aromatic N) is 1. The zero-order valence-corrected chi connectivity index (χ0v) is 16.5. The van der Waals surface area contributed by atoms with Crippen LogP contribution >= 0.6 is 11.8 Å². The van der Waals surface area contributed by atoms with Crippen LogP contribution in [0.3, 0.4) is 0 Å². The minimum atomic E-state index is -0.722. The predicted octanol–water partition coefficient (Wildman–Crippen LogP) is 4.00. The van der Waals surface area contributed by atoms with Gasteiger partial charge in [-0.3, -0.25) is 15.1 Å². The second-order valence-electron chi connectivity index (χ2n) is 6.66. The van der Waals surface area contributed by atoms with E-state index in [0.717, 1.165) is 26.7 Å². The number of benzene rings is 2. The van der Waals surface area contributed by atoms with Crippen molar-refractivity contribution in [2.75, 3.05) is 0 Å². The number of imide groups is 1. The van der Waals surface area contributed by atoms with E-state index in [9.17, 15) is 9.59 Å². The molecule has 3 aromatic rings. The monoisotopic (exact) mass is 405 g/mol. The molecular weight excluding hydrogens is 386 g/mol. The van der Waals surface area contributed by atoms with Crippen molar-refractivity contribution in [2.24, 2.45) is 0 Å². The Hall–Kier alpha value is -3.32. The van der Waals surface area contributed by atoms with Gasteiger partial charge in [0.1, 0.15) is 18.4 Å². The lowest BCUT2D eigenvalue weighted by Crippen LogP contribution is -2.22. The molecule has 1 saturated heterocycles. The summed E-state index contributed by atoms with van der Waals surface area (Å²) in [7, 11) is 0. The first kappa shape index (κ1) is 19.0. The number of hydrogen-bond acceptors (Lipinski definition) is 5. The van der Waals surface area contributed by atoms with E-state index in [1.54, 1.807) is 12.4 Å². The Bertz CT molecular complexity index is 1050. The fraction of sp³-hybridized carbons (Fsp3) is 0.136. The molecule has 1 aromatic heterocycles. The van der Waals surface area contributed by atoms with E-state index >= 15 is 0 Å². The van der Waals surface area contributed by atoms with Crippen LogP contribution in [0.15, 0.2) is 76.8 Å². The summed E-state index contributed by atoms with van der Waals surface area (Å²) in [5.74, 6) is 0.482. The number of pyridine rings is 1. The Morgan fingerprint density at radius 3 is 2.66 bits per heavy atom. The number of carbonyl (C=O) groups excluding carboxylic acids is 2. The van der Waals surface area contributed by atoms with Gasteiger partial charge in [0.05, 0.1) is 0 Å². The Balaban J connectivity index is 1.44. The van der Waals surface area contributed by atoms with Crippen molar-refractivity contribution in [1.29, 1.82) is 0 Å². The lowest BCUT2D eigenvalue weighted by molar-refractivity contribution is -0.120. The molecular formula is C22H19N3O3S. The number of urea groups is 1. The van der Waals surface area contributed by atoms with E-state index < -0.39 is 12.1 Å². The highest BCUT2D eigenvalue weighted by Gasteiger charge is 2.32. The van der Waals surface area contributed by atoms with Crippen molar-refractivity contribution in [1.82, 2.24) is 15.6 Å². The van der Waals surface area contributed by atoms with E-state index in [1.807, 2.05) is 61.5 Å². The molecule has 0 aliphatic carbocycles. The first-order valence-corrected chi connectivity index (χ1v) is 9.92. The van der Waals surface area contributed by atoms with E-state index in [0.29, 0.717) is 12.2 Å². The van der Waals surface area contributed by atoms with Gasteiger partial charge in [-0.05, 0) is 48.4 Å². The third-order valence-electron chi connectivity index (χ3n) is 4.44. The quantitative estimate of drug-likeness (QED) is 0.606. The van der Waals surface area contributed by atoms with Gasteiger partial charge in [-0.1, -0.05) is 36.0 Å². The molecule has 146 valence electrons. The van der Waals surface area contributed by atoms with E-state index in [2.05, 4.69) is 15.6 Å². The lowest BCUT2D eigenvalue weighted by atomic mass is 10.1. The van der Waals surface area contributed by atoms with Crippen LogP contribution in [-0.2, 0) is 11.4 Å². The zero-order chi connectivity index (χ0) is 20.2. The molecule has 7 heteroatoms. The van der Waals surface area contributed by atoms with Crippen molar-refractivity contribution < 1.29 is 14.3 Å². The molecule has 1 atom stereocenters. The number of nitrogens with one attached hydrogen (secondary N) is 2. The first-order valence-electron chi connectivity index (χ1n) is 9.10. The van der Waals surface area contributed by atoms with Gasteiger partial charge in [0.2, 0.25) is 0 Å². The standard InChI is InChI=1S/C22H19N3O3S/c1-14-3-2-4-16(11-14)28-13-15-5-7-17(8-6-15)29-19-9-10-23-12-18(19)20-21(26)25-22(27)24-20/h2-12,20H,13H2,1H3,(H2,24,25,26,27). The van der Waals surface area contributed by atoms with Gasteiger partial charge in [0.25, 0.3) is 5.91 Å². The molecule has 0 radical (unpaired) electrons. The highest BCUT2D eigenvalue weighted by atomic mass is 32.2. The minimum absolute atomic E-state index is 0.367. The van der Waals surface area contributed by atoms with Crippen LogP contribution in [0.5, 0.6) is 5.75 Å². The van der Waals surface area contributed by atoms with Crippen LogP contribution in [0.4, 0.5) is 4.79 Å². The van der Waals surface area contributed by atoms with Crippen molar-refractivity contribution >= 4 is 23.7 Å². The summed E-state index contributed by atoms with van der Waals surface area (Å²) >= 11 is 1.52. The summed E-state index contributed by atoms with van der Waals surface area (Å²) in [6.07, 6.45) is 3.28. The minimum Gasteiger partial charge on any atom is -0.489 e. The molecule has 1 fully saturated rings. The third kappa shape index (κ3) is 4.57. The molecule has 3 amide bonds. The number of hydrogen-bond donors (Lipinski definition) is 2. The van der Waals surface area contributed by atoms with Crippen LogP contribution in [-0.4, -0.2) is 16.9 Å². The Kier molecular flexibility index (Phi) is 5.48. The second kappa shape index (κ2) is 8.36. The van der Waals surface area contributed by atoms with Crippen molar-refractivity contribution in [3.8, 4) is 5.75 Å². The maximum atomic E-state index is 12.0. The topological polar surface area (TPSA) is 80.3 Å². The molecule has 0 bridgehead atoms. The fourth-order valence-electron chi connectivity index (χ4n) is 2.99. The number of rotatable bonds is 6. The van der Waals surface area contributed by atoms with Gasteiger partial charge in [-0.25, -0.2) is 4.79 Å². The fourth-order valence-corrected chi connectivity index (χ4v) is 3.94. The number of aryl methyl sites for hydroxylation is 1. The summed E-state index contributed by atoms with van der Waals surface area (Å²) in [6.45, 7) is 2.52. The lowest BCUT2D eigenvalue weighted by Gasteiger charge is -2.13. The largest absolute Gasteiger partial charge is 0.489 e. The van der Waals surface area contributed by atoms with Gasteiger partial charge in [-0.15, -0.1) is 0 Å². The van der Waals surface area contributed by atoms with Gasteiger partial charge < -0.3 is 10.1 Å². The molecule has 1 unspecified atom stereocenters. The highest BCUT2D eigenvalue weighted by Crippen LogP contribution is 2.33. The number of amides is 3. The van der Waals surface area contributed by atoms with E-state index in [-0.39, 0.29) is 5.91 Å². The van der Waals surface area contributed by atoms with Gasteiger partial charge in [-0.2, -0.15) is 0 Å². The molecule has 4 rings (SSSR count). The smallest absolute Gasteiger partial charge is 0.322 e. The number of carbonyl (C=O) groups is 2. The Morgan fingerprint density at radius 1 is 1.10 bits per heavy atom. The SMILES string of the molecule is Cc1cccc(OCc2ccc(Sc3ccncc3C3NC(=O)NC3=O)cc2)c1. The molecule has 6 nitrogen and oxygen atoms in total. The van der Waals surface area contributed by atoms with Crippen LogP contribution in [0, 0.1) is 6.92 Å². The second-order valence-corrected chi connectivity index (χ2v) is 7.78. The predicted molar refractivity (Wildman–Crippen MR) is 110 cm³/mol. The van der Waals surface area contributed by atoms with Crippen LogP contribution in [0.25, 0.3) is 0 Å². The first-order chi connectivity index (χ1) is 14.1. The average Bonchev–Trinajstić information content (AvgIpc) is 3.06. The van der Waals surface area contributed by atoms with Crippen molar-refractivity contribution in [2.45, 2.75) is 29.4 Å². The number of ether oxygens (including phenoxy) is 1. The van der Waals surface area contributed by atoms with Crippen molar-refractivity contribution in [3.63, 3.8) is 0 Å². The van der Waals surface area contributed by atoms with Crippen LogP contribution < -0.4 is 15.4 Å². The molecule has 1 aliphatic heterocycles. The Labute approximate surface area is 172 Å². The van der Waals surface area contributed by atoms with Crippen molar-refractivity contribution in [3.05, 3.63) is 83.7 Å². The summed E-state index contributed by atoms with van der Waals surface area (Å²) in [4.78, 5) is 29.4. The molecule has 1 aliphatic rings. The summed E-state index contributed by atoms with van der Waals surface area (Å²) in [5.41, 5.74) is 2.90. The van der Waals surface area contributed by atoms with Crippen LogP contribution in [0.1, 0.15) is 22.7 Å². The maximum Gasteiger partial charge on any atom is 0.322 e.